The third kappa shape index (κ3) is 2.25. The van der Waals surface area contributed by atoms with Gasteiger partial charge in [0.05, 0.1) is 6.04 Å². The lowest BCUT2D eigenvalue weighted by Gasteiger charge is -2.12. The summed E-state index contributed by atoms with van der Waals surface area (Å²) in [6, 6.07) is 1.78. The minimum absolute atomic E-state index is 0.0819. The van der Waals surface area contributed by atoms with Crippen LogP contribution in [0.2, 0.25) is 0 Å². The van der Waals surface area contributed by atoms with Crippen LogP contribution in [0.25, 0.3) is 5.69 Å². The number of halogens is 3. The lowest BCUT2D eigenvalue weighted by Crippen LogP contribution is -2.18. The smallest absolute Gasteiger partial charge is 0.173 e. The van der Waals surface area contributed by atoms with Gasteiger partial charge in [0.25, 0.3) is 0 Å². The monoisotopic (exact) mass is 317 g/mol. The predicted molar refractivity (Wildman–Crippen MR) is 64.2 cm³/mol. The van der Waals surface area contributed by atoms with Gasteiger partial charge in [-0.25, -0.2) is 8.78 Å². The zero-order chi connectivity index (χ0) is 13.3. The van der Waals surface area contributed by atoms with Crippen LogP contribution in [0.5, 0.6) is 0 Å². The number of benzene rings is 1. The number of nitrogens with zero attached hydrogens (tertiary/aromatic N) is 4. The lowest BCUT2D eigenvalue weighted by atomic mass is 10.2. The second-order valence-corrected chi connectivity index (χ2v) is 4.53. The normalized spacial score (nSPS) is 12.7. The summed E-state index contributed by atoms with van der Waals surface area (Å²) < 4.78 is 28.3. The number of aromatic nitrogens is 4. The quantitative estimate of drug-likeness (QED) is 0.940. The molecule has 2 aromatic rings. The Labute approximate surface area is 110 Å². The Morgan fingerprint density at radius 2 is 2.11 bits per heavy atom. The average molecular weight is 318 g/mol. The van der Waals surface area contributed by atoms with Crippen LogP contribution in [0.1, 0.15) is 18.8 Å². The van der Waals surface area contributed by atoms with E-state index in [1.165, 1.54) is 4.68 Å². The molecule has 0 bridgehead atoms. The first-order valence-corrected chi connectivity index (χ1v) is 5.94. The van der Waals surface area contributed by atoms with Gasteiger partial charge >= 0.3 is 0 Å². The van der Waals surface area contributed by atoms with Crippen molar-refractivity contribution in [2.45, 2.75) is 13.0 Å². The molecule has 0 radical (unpaired) electrons. The van der Waals surface area contributed by atoms with Crippen LogP contribution in [-0.4, -0.2) is 27.3 Å². The van der Waals surface area contributed by atoms with Crippen LogP contribution >= 0.6 is 15.9 Å². The minimum Gasteiger partial charge on any atom is -0.311 e. The van der Waals surface area contributed by atoms with E-state index in [-0.39, 0.29) is 16.2 Å². The maximum atomic E-state index is 13.8. The van der Waals surface area contributed by atoms with Crippen molar-refractivity contribution in [3.63, 3.8) is 0 Å². The van der Waals surface area contributed by atoms with Crippen molar-refractivity contribution in [2.24, 2.45) is 0 Å². The SMILES string of the molecule is CNC(C)c1nnnn1-c1c(F)cc(F)cc1Br. The first-order chi connectivity index (χ1) is 8.54. The highest BCUT2D eigenvalue weighted by Crippen LogP contribution is 2.26. The second-order valence-electron chi connectivity index (χ2n) is 3.68. The molecule has 0 aliphatic heterocycles. The van der Waals surface area contributed by atoms with Crippen LogP contribution in [0.3, 0.4) is 0 Å². The first kappa shape index (κ1) is 13.0. The molecule has 0 spiro atoms. The Bertz CT molecular complexity index is 548. The molecular formula is C10H10BrF2N5. The summed E-state index contributed by atoms with van der Waals surface area (Å²) in [5, 5.41) is 14.0. The second kappa shape index (κ2) is 5.07. The number of hydrogen-bond donors (Lipinski definition) is 1. The van der Waals surface area contributed by atoms with E-state index in [0.29, 0.717) is 5.82 Å². The molecule has 0 amide bonds. The molecule has 96 valence electrons. The highest BCUT2D eigenvalue weighted by Gasteiger charge is 2.19. The molecule has 18 heavy (non-hydrogen) atoms. The van der Waals surface area contributed by atoms with Crippen LogP contribution in [0.15, 0.2) is 16.6 Å². The fourth-order valence-corrected chi connectivity index (χ4v) is 2.07. The van der Waals surface area contributed by atoms with Gasteiger partial charge in [0, 0.05) is 10.5 Å². The molecule has 1 aromatic carbocycles. The molecule has 1 unspecified atom stereocenters. The van der Waals surface area contributed by atoms with E-state index < -0.39 is 11.6 Å². The van der Waals surface area contributed by atoms with Crippen LogP contribution in [-0.2, 0) is 0 Å². The molecule has 1 N–H and O–H groups in total. The molecule has 0 aliphatic rings. The average Bonchev–Trinajstić information content (AvgIpc) is 2.75. The summed E-state index contributed by atoms with van der Waals surface area (Å²) in [5.41, 5.74) is 0.0819. The summed E-state index contributed by atoms with van der Waals surface area (Å²) in [6.45, 7) is 1.83. The zero-order valence-electron chi connectivity index (χ0n) is 9.65. The van der Waals surface area contributed by atoms with E-state index in [1.54, 1.807) is 7.05 Å². The number of nitrogens with one attached hydrogen (secondary N) is 1. The van der Waals surface area contributed by atoms with Crippen LogP contribution in [0, 0.1) is 11.6 Å². The molecule has 1 aromatic heterocycles. The largest absolute Gasteiger partial charge is 0.311 e. The van der Waals surface area contributed by atoms with E-state index in [4.69, 9.17) is 0 Å². The third-order valence-corrected chi connectivity index (χ3v) is 3.11. The van der Waals surface area contributed by atoms with E-state index in [0.717, 1.165) is 12.1 Å². The standard InChI is InChI=1S/C10H10BrF2N5/c1-5(14-2)10-15-16-17-18(10)9-7(11)3-6(12)4-8(9)13/h3-5,14H,1-2H3. The Balaban J connectivity index is 2.59. The third-order valence-electron chi connectivity index (χ3n) is 2.51. The Kier molecular flexibility index (Phi) is 3.67. The fraction of sp³-hybridized carbons (Fsp3) is 0.300. The molecule has 5 nitrogen and oxygen atoms in total. The van der Waals surface area contributed by atoms with E-state index in [2.05, 4.69) is 36.8 Å². The molecule has 0 saturated heterocycles. The molecular weight excluding hydrogens is 308 g/mol. The van der Waals surface area contributed by atoms with Gasteiger partial charge in [-0.3, -0.25) is 0 Å². The zero-order valence-corrected chi connectivity index (χ0v) is 11.2. The van der Waals surface area contributed by atoms with Crippen molar-refractivity contribution < 1.29 is 8.78 Å². The number of hydrogen-bond acceptors (Lipinski definition) is 4. The maximum Gasteiger partial charge on any atom is 0.173 e. The van der Waals surface area contributed by atoms with Crippen molar-refractivity contribution in [1.29, 1.82) is 0 Å². The van der Waals surface area contributed by atoms with Gasteiger partial charge in [0.2, 0.25) is 0 Å². The molecule has 1 heterocycles. The van der Waals surface area contributed by atoms with E-state index >= 15 is 0 Å². The Hall–Kier alpha value is -1.41. The predicted octanol–water partition coefficient (Wildman–Crippen LogP) is 1.98. The Morgan fingerprint density at radius 3 is 2.72 bits per heavy atom. The number of tetrazole rings is 1. The summed E-state index contributed by atoms with van der Waals surface area (Å²) in [5.74, 6) is -0.971. The van der Waals surface area contributed by atoms with Gasteiger partial charge < -0.3 is 5.32 Å². The van der Waals surface area contributed by atoms with Crippen molar-refractivity contribution >= 4 is 15.9 Å². The van der Waals surface area contributed by atoms with Gasteiger partial charge in [-0.05, 0) is 46.4 Å². The topological polar surface area (TPSA) is 55.6 Å². The van der Waals surface area contributed by atoms with Gasteiger partial charge in [-0.1, -0.05) is 0 Å². The van der Waals surface area contributed by atoms with Gasteiger partial charge in [-0.15, -0.1) is 5.10 Å². The molecule has 0 aliphatic carbocycles. The summed E-state index contributed by atoms with van der Waals surface area (Å²) in [4.78, 5) is 0. The fourth-order valence-electron chi connectivity index (χ4n) is 1.49. The summed E-state index contributed by atoms with van der Waals surface area (Å²) in [7, 11) is 1.74. The number of rotatable bonds is 3. The molecule has 1 atom stereocenters. The highest BCUT2D eigenvalue weighted by molar-refractivity contribution is 9.10. The lowest BCUT2D eigenvalue weighted by molar-refractivity contribution is 0.551. The first-order valence-electron chi connectivity index (χ1n) is 5.15. The molecule has 8 heteroatoms. The Morgan fingerprint density at radius 1 is 1.39 bits per heavy atom. The van der Waals surface area contributed by atoms with Gasteiger partial charge in [-0.2, -0.15) is 4.68 Å². The molecule has 0 saturated carbocycles. The van der Waals surface area contributed by atoms with Crippen LogP contribution < -0.4 is 5.32 Å². The van der Waals surface area contributed by atoms with Gasteiger partial charge in [0.1, 0.15) is 11.5 Å². The highest BCUT2D eigenvalue weighted by atomic mass is 79.9. The van der Waals surface area contributed by atoms with Crippen molar-refractivity contribution in [1.82, 2.24) is 25.5 Å². The van der Waals surface area contributed by atoms with Crippen LogP contribution in [0.4, 0.5) is 8.78 Å². The minimum atomic E-state index is -0.737. The van der Waals surface area contributed by atoms with Gasteiger partial charge in [0.15, 0.2) is 11.6 Å². The van der Waals surface area contributed by atoms with Crippen molar-refractivity contribution in [2.75, 3.05) is 7.05 Å². The van der Waals surface area contributed by atoms with E-state index in [1.807, 2.05) is 6.92 Å². The van der Waals surface area contributed by atoms with Crippen molar-refractivity contribution in [3.05, 3.63) is 34.1 Å². The van der Waals surface area contributed by atoms with Crippen molar-refractivity contribution in [3.8, 4) is 5.69 Å². The summed E-state index contributed by atoms with van der Waals surface area (Å²) >= 11 is 3.11. The molecule has 2 rings (SSSR count). The maximum absolute atomic E-state index is 13.8. The molecule has 0 fully saturated rings. The van der Waals surface area contributed by atoms with E-state index in [9.17, 15) is 8.78 Å². The summed E-state index contributed by atoms with van der Waals surface area (Å²) in [6.07, 6.45) is 0.